The van der Waals surface area contributed by atoms with Gasteiger partial charge in [0.2, 0.25) is 6.41 Å². The van der Waals surface area contributed by atoms with Crippen LogP contribution in [0.1, 0.15) is 38.7 Å². The predicted octanol–water partition coefficient (Wildman–Crippen LogP) is 4.07. The second kappa shape index (κ2) is 13.4. The summed E-state index contributed by atoms with van der Waals surface area (Å²) >= 11 is 0. The number of aromatic nitrogens is 1. The number of amides is 2. The Hall–Kier alpha value is -3.20. The largest absolute Gasteiger partial charge is 0.450 e. The van der Waals surface area contributed by atoms with Crippen molar-refractivity contribution in [3.8, 4) is 11.1 Å². The highest BCUT2D eigenvalue weighted by Gasteiger charge is 2.43. The molecule has 2 amide bonds. The number of halogens is 1. The molecule has 2 saturated heterocycles. The number of hydrogen-bond acceptors (Lipinski definition) is 6. The minimum absolute atomic E-state index is 0.179. The van der Waals surface area contributed by atoms with Crippen molar-refractivity contribution in [2.75, 3.05) is 57.3 Å². The van der Waals surface area contributed by atoms with Gasteiger partial charge in [0.25, 0.3) is 0 Å². The van der Waals surface area contributed by atoms with Gasteiger partial charge >= 0.3 is 6.09 Å². The molecule has 8 nitrogen and oxygen atoms in total. The number of nitrogens with two attached hydrogens (primary N) is 1. The van der Waals surface area contributed by atoms with Gasteiger partial charge in [-0.15, -0.1) is 0 Å². The molecule has 0 spiro atoms. The molecule has 0 saturated carbocycles. The lowest BCUT2D eigenvalue weighted by Crippen LogP contribution is -2.58. The quantitative estimate of drug-likeness (QED) is 0.535. The lowest BCUT2D eigenvalue weighted by molar-refractivity contribution is -0.106. The summed E-state index contributed by atoms with van der Waals surface area (Å²) in [5.74, 6) is 0.561. The van der Waals surface area contributed by atoms with Crippen LogP contribution in [0.25, 0.3) is 11.1 Å². The van der Waals surface area contributed by atoms with Crippen LogP contribution in [-0.4, -0.2) is 79.7 Å². The Morgan fingerprint density at radius 2 is 1.89 bits per heavy atom. The first-order valence-corrected chi connectivity index (χ1v) is 13.1. The van der Waals surface area contributed by atoms with Crippen molar-refractivity contribution in [3.05, 3.63) is 47.9 Å². The maximum Gasteiger partial charge on any atom is 0.409 e. The highest BCUT2D eigenvalue weighted by atomic mass is 19.1. The van der Waals surface area contributed by atoms with Gasteiger partial charge in [-0.2, -0.15) is 0 Å². The molecule has 2 N–H and O–H groups in total. The van der Waals surface area contributed by atoms with Gasteiger partial charge in [0.05, 0.1) is 12.8 Å². The summed E-state index contributed by atoms with van der Waals surface area (Å²) in [7, 11) is 0. The zero-order chi connectivity index (χ0) is 26.8. The zero-order valence-electron chi connectivity index (χ0n) is 22.3. The summed E-state index contributed by atoms with van der Waals surface area (Å²) in [6.45, 7) is 13.0. The second-order valence-corrected chi connectivity index (χ2v) is 9.87. The molecule has 37 heavy (non-hydrogen) atoms. The first-order chi connectivity index (χ1) is 17.8. The third-order valence-corrected chi connectivity index (χ3v) is 7.34. The molecule has 0 atom stereocenters. The Morgan fingerprint density at radius 1 is 1.19 bits per heavy atom. The molecule has 0 unspecified atom stereocenters. The normalized spacial score (nSPS) is 16.9. The Balaban J connectivity index is 0.00000121. The lowest BCUT2D eigenvalue weighted by atomic mass is 9.74. The SMILES string of the molecule is CCOC(=O)N1CC(CC)(CCCN2CCN(c3ncc(F)cc3-c3cccc(C)c3)CC2)C1.NC=O. The fourth-order valence-electron chi connectivity index (χ4n) is 5.24. The van der Waals surface area contributed by atoms with Gasteiger partial charge in [-0.1, -0.05) is 36.8 Å². The van der Waals surface area contributed by atoms with Crippen LogP contribution in [0.15, 0.2) is 36.5 Å². The molecule has 2 aliphatic rings. The van der Waals surface area contributed by atoms with E-state index < -0.39 is 0 Å². The van der Waals surface area contributed by atoms with Gasteiger partial charge in [-0.05, 0) is 51.3 Å². The minimum atomic E-state index is -0.304. The summed E-state index contributed by atoms with van der Waals surface area (Å²) in [4.78, 5) is 31.6. The van der Waals surface area contributed by atoms with Crippen LogP contribution in [0.4, 0.5) is 15.0 Å². The van der Waals surface area contributed by atoms with E-state index in [1.54, 1.807) is 6.07 Å². The van der Waals surface area contributed by atoms with Crippen LogP contribution in [0.5, 0.6) is 0 Å². The monoisotopic (exact) mass is 513 g/mol. The molecule has 2 fully saturated rings. The minimum Gasteiger partial charge on any atom is -0.450 e. The first-order valence-electron chi connectivity index (χ1n) is 13.1. The summed E-state index contributed by atoms with van der Waals surface area (Å²) in [6, 6.07) is 9.77. The van der Waals surface area contributed by atoms with Crippen molar-refractivity contribution in [2.24, 2.45) is 11.1 Å². The average molecular weight is 514 g/mol. The number of anilines is 1. The van der Waals surface area contributed by atoms with E-state index in [1.165, 1.54) is 6.20 Å². The molecule has 3 heterocycles. The predicted molar refractivity (Wildman–Crippen MR) is 144 cm³/mol. The molecule has 0 bridgehead atoms. The maximum absolute atomic E-state index is 14.1. The topological polar surface area (TPSA) is 92.0 Å². The van der Waals surface area contributed by atoms with Gasteiger partial charge in [-0.25, -0.2) is 14.2 Å². The number of pyridine rings is 1. The molecule has 1 aromatic carbocycles. The third kappa shape index (κ3) is 7.41. The van der Waals surface area contributed by atoms with Gasteiger partial charge in [-0.3, -0.25) is 9.69 Å². The van der Waals surface area contributed by atoms with E-state index in [0.29, 0.717) is 6.61 Å². The summed E-state index contributed by atoms with van der Waals surface area (Å²) < 4.78 is 19.2. The van der Waals surface area contributed by atoms with E-state index in [-0.39, 0.29) is 23.7 Å². The summed E-state index contributed by atoms with van der Waals surface area (Å²) in [5, 5.41) is 0. The number of likely N-dealkylation sites (tertiary alicyclic amines) is 1. The van der Waals surface area contributed by atoms with Gasteiger partial charge in [0, 0.05) is 50.2 Å². The third-order valence-electron chi connectivity index (χ3n) is 7.34. The Bertz CT molecular complexity index is 1040. The molecule has 202 valence electrons. The molecular formula is C28H40FN5O3. The second-order valence-electron chi connectivity index (χ2n) is 9.87. The van der Waals surface area contributed by atoms with E-state index in [4.69, 9.17) is 9.53 Å². The number of aryl methyl sites for hydroxylation is 1. The van der Waals surface area contributed by atoms with E-state index >= 15 is 0 Å². The number of primary amides is 1. The molecule has 1 aromatic heterocycles. The average Bonchev–Trinajstić information content (AvgIpc) is 2.86. The number of carbonyl (C=O) groups excluding carboxylic acids is 2. The highest BCUT2D eigenvalue weighted by molar-refractivity contribution is 5.76. The number of nitrogens with zero attached hydrogens (tertiary/aromatic N) is 4. The van der Waals surface area contributed by atoms with Crippen molar-refractivity contribution in [1.82, 2.24) is 14.8 Å². The highest BCUT2D eigenvalue weighted by Crippen LogP contribution is 2.39. The number of hydrogen-bond donors (Lipinski definition) is 1. The molecule has 9 heteroatoms. The smallest absolute Gasteiger partial charge is 0.409 e. The Morgan fingerprint density at radius 3 is 2.51 bits per heavy atom. The number of piperazine rings is 1. The van der Waals surface area contributed by atoms with Crippen LogP contribution < -0.4 is 10.6 Å². The number of carbonyl (C=O) groups is 2. The Kier molecular flexibility index (Phi) is 10.3. The lowest BCUT2D eigenvalue weighted by Gasteiger charge is -2.49. The first kappa shape index (κ1) is 28.4. The van der Waals surface area contributed by atoms with Crippen molar-refractivity contribution < 1.29 is 18.7 Å². The molecule has 0 radical (unpaired) electrons. The maximum atomic E-state index is 14.1. The van der Waals surface area contributed by atoms with Gasteiger partial charge in [0.15, 0.2) is 0 Å². The van der Waals surface area contributed by atoms with Crippen molar-refractivity contribution in [2.45, 2.75) is 40.0 Å². The molecule has 2 aliphatic heterocycles. The van der Waals surface area contributed by atoms with Crippen LogP contribution in [-0.2, 0) is 9.53 Å². The van der Waals surface area contributed by atoms with E-state index in [2.05, 4.69) is 46.5 Å². The zero-order valence-corrected chi connectivity index (χ0v) is 22.3. The Labute approximate surface area is 219 Å². The molecule has 0 aliphatic carbocycles. The van der Waals surface area contributed by atoms with Crippen molar-refractivity contribution in [1.29, 1.82) is 0 Å². The standard InChI is InChI=1S/C27H37FN4O2.CH3NO/c1-4-27(19-32(20-27)26(33)34-5-2)10-7-11-30-12-14-31(15-13-30)25-24(17-23(28)18-29-25)22-9-6-8-21(3)16-22;2-1-3/h6,8-9,16-18H,4-5,7,10-15,19-20H2,1-3H3;1H,(H2,2,3). The number of rotatable bonds is 8. The van der Waals surface area contributed by atoms with E-state index in [0.717, 1.165) is 87.6 Å². The number of benzene rings is 1. The van der Waals surface area contributed by atoms with Gasteiger partial charge in [0.1, 0.15) is 11.6 Å². The van der Waals surface area contributed by atoms with Crippen molar-refractivity contribution >= 4 is 18.3 Å². The summed E-state index contributed by atoms with van der Waals surface area (Å²) in [5.41, 5.74) is 7.43. The molecule has 2 aromatic rings. The number of ether oxygens (including phenoxy) is 1. The van der Waals surface area contributed by atoms with E-state index in [9.17, 15) is 9.18 Å². The van der Waals surface area contributed by atoms with Crippen LogP contribution >= 0.6 is 0 Å². The van der Waals surface area contributed by atoms with Crippen LogP contribution in [0.2, 0.25) is 0 Å². The van der Waals surface area contributed by atoms with Crippen molar-refractivity contribution in [3.63, 3.8) is 0 Å². The molecular weight excluding hydrogens is 473 g/mol. The van der Waals surface area contributed by atoms with Crippen LogP contribution in [0.3, 0.4) is 0 Å². The fraction of sp³-hybridized carbons (Fsp3) is 0.536. The summed E-state index contributed by atoms with van der Waals surface area (Å²) in [6.07, 6.45) is 4.75. The van der Waals surface area contributed by atoms with Crippen LogP contribution in [0, 0.1) is 18.2 Å². The van der Waals surface area contributed by atoms with Gasteiger partial charge < -0.3 is 20.3 Å². The fourth-order valence-corrected chi connectivity index (χ4v) is 5.24. The van der Waals surface area contributed by atoms with E-state index in [1.807, 2.05) is 24.0 Å². The molecule has 4 rings (SSSR count).